The van der Waals surface area contributed by atoms with Crippen LogP contribution in [-0.2, 0) is 33.3 Å². The number of ether oxygens (including phenoxy) is 5. The van der Waals surface area contributed by atoms with E-state index in [-0.39, 0.29) is 24.5 Å². The molecule has 0 saturated carbocycles. The number of Topliss-reactive ketones (excluding diaryl/α,β-unsaturated/α-hetero) is 1. The zero-order valence-corrected chi connectivity index (χ0v) is 28.3. The Morgan fingerprint density at radius 2 is 1.93 bits per heavy atom. The lowest BCUT2D eigenvalue weighted by molar-refractivity contribution is -0.282. The predicted molar refractivity (Wildman–Crippen MR) is 168 cm³/mol. The average molecular weight is 655 g/mol. The Morgan fingerprint density at radius 3 is 2.59 bits per heavy atom. The second kappa shape index (κ2) is 16.5. The molecular weight excluding hydrogens is 600 g/mol. The maximum Gasteiger partial charge on any atom is 0.410 e. The van der Waals surface area contributed by atoms with Crippen LogP contribution in [0.15, 0.2) is 5.11 Å². The molecule has 15 heteroatoms. The highest BCUT2D eigenvalue weighted by Gasteiger charge is 2.58. The third-order valence-electron chi connectivity index (χ3n) is 9.62. The molecule has 0 aromatic carbocycles. The molecule has 46 heavy (non-hydrogen) atoms. The van der Waals surface area contributed by atoms with Crippen molar-refractivity contribution in [1.82, 2.24) is 10.2 Å². The van der Waals surface area contributed by atoms with Gasteiger partial charge in [0, 0.05) is 43.6 Å². The number of azide groups is 1. The van der Waals surface area contributed by atoms with Crippen LogP contribution in [0.1, 0.15) is 86.5 Å². The van der Waals surface area contributed by atoms with Crippen molar-refractivity contribution in [3.63, 3.8) is 0 Å². The zero-order chi connectivity index (χ0) is 34.2. The zero-order valence-electron chi connectivity index (χ0n) is 28.3. The van der Waals surface area contributed by atoms with Gasteiger partial charge in [0.25, 0.3) is 0 Å². The van der Waals surface area contributed by atoms with Gasteiger partial charge in [-0.1, -0.05) is 19.0 Å². The SMILES string of the molecule is CC[C@H]1OC(=O)CC(=O)C[C@@H](O[C@@H]2O[C@H](C)CC(N)C2O)[C@](C)(OC)C[C@@H](C)CN[C@H](C)[C@H]2N(CCCCN=[N+]=[N-])C(=O)O[C@]12C. The quantitative estimate of drug-likeness (QED) is 0.0822. The molecule has 262 valence electrons. The molecule has 1 amide bonds. The van der Waals surface area contributed by atoms with Gasteiger partial charge in [-0.15, -0.1) is 0 Å². The van der Waals surface area contributed by atoms with E-state index in [9.17, 15) is 19.5 Å². The number of methoxy groups -OCH3 is 1. The van der Waals surface area contributed by atoms with Crippen molar-refractivity contribution in [1.29, 1.82) is 0 Å². The van der Waals surface area contributed by atoms with Gasteiger partial charge in [0.1, 0.15) is 24.4 Å². The van der Waals surface area contributed by atoms with Crippen LogP contribution in [0.5, 0.6) is 0 Å². The maximum atomic E-state index is 13.4. The van der Waals surface area contributed by atoms with E-state index in [1.807, 2.05) is 34.6 Å². The second-order valence-corrected chi connectivity index (χ2v) is 13.5. The molecule has 0 bridgehead atoms. The first-order valence-electron chi connectivity index (χ1n) is 16.4. The number of esters is 1. The number of unbranched alkanes of at least 4 members (excludes halogenated alkanes) is 1. The third kappa shape index (κ3) is 9.09. The van der Waals surface area contributed by atoms with Crippen LogP contribution < -0.4 is 11.1 Å². The smallest absolute Gasteiger partial charge is 0.410 e. The first-order valence-corrected chi connectivity index (χ1v) is 16.4. The van der Waals surface area contributed by atoms with E-state index in [2.05, 4.69) is 15.3 Å². The van der Waals surface area contributed by atoms with E-state index in [0.29, 0.717) is 51.7 Å². The number of hydrogen-bond acceptors (Lipinski definition) is 12. The van der Waals surface area contributed by atoms with Crippen LogP contribution in [0, 0.1) is 5.92 Å². The number of nitrogens with zero attached hydrogens (tertiary/aromatic N) is 4. The van der Waals surface area contributed by atoms with Gasteiger partial charge in [0.15, 0.2) is 11.9 Å². The number of carbonyl (C=O) groups excluding carboxylic acids is 3. The number of aliphatic hydroxyl groups is 1. The Labute approximate surface area is 271 Å². The summed E-state index contributed by atoms with van der Waals surface area (Å²) in [4.78, 5) is 44.4. The summed E-state index contributed by atoms with van der Waals surface area (Å²) in [7, 11) is 1.54. The number of cyclic esters (lactones) is 1. The van der Waals surface area contributed by atoms with Gasteiger partial charge in [-0.05, 0) is 77.8 Å². The van der Waals surface area contributed by atoms with E-state index < -0.39 is 72.2 Å². The first-order chi connectivity index (χ1) is 21.7. The molecule has 3 aliphatic rings. The van der Waals surface area contributed by atoms with Gasteiger partial charge in [-0.3, -0.25) is 14.5 Å². The van der Waals surface area contributed by atoms with E-state index in [1.165, 1.54) is 7.11 Å². The van der Waals surface area contributed by atoms with Gasteiger partial charge >= 0.3 is 12.1 Å². The minimum Gasteiger partial charge on any atom is -0.458 e. The molecule has 3 fully saturated rings. The standard InChI is InChI=1S/C31H54N6O9/c1-8-23-31(6)27(37(29(41)46-31)12-10-9-11-35-36-33)20(4)34-17-18(2)16-30(5,42-7)24(14-21(38)15-25(39)44-23)45-28-26(40)22(32)13-19(3)43-28/h18-20,22-24,26-28,34,40H,8-17,32H2,1-7H3/t18-,19-,20-,22?,23-,24-,26?,27-,28+,30-,31-/m1/s1. The molecule has 0 aliphatic carbocycles. The molecule has 4 N–H and O–H groups in total. The normalized spacial score (nSPS) is 39.8. The van der Waals surface area contributed by atoms with Crippen molar-refractivity contribution in [3.8, 4) is 0 Å². The second-order valence-electron chi connectivity index (χ2n) is 13.5. The predicted octanol–water partition coefficient (Wildman–Crippen LogP) is 2.96. The van der Waals surface area contributed by atoms with Crippen molar-refractivity contribution >= 4 is 17.8 Å². The Bertz CT molecular complexity index is 1110. The third-order valence-corrected chi connectivity index (χ3v) is 9.62. The fourth-order valence-electron chi connectivity index (χ4n) is 7.12. The summed E-state index contributed by atoms with van der Waals surface area (Å²) in [5.74, 6) is -1.18. The fraction of sp³-hybridized carbons (Fsp3) is 0.903. The summed E-state index contributed by atoms with van der Waals surface area (Å²) in [6.45, 7) is 12.5. The molecule has 0 aromatic rings. The molecule has 15 nitrogen and oxygen atoms in total. The maximum absolute atomic E-state index is 13.4. The van der Waals surface area contributed by atoms with Crippen molar-refractivity contribution in [2.75, 3.05) is 26.7 Å². The molecule has 11 atom stereocenters. The number of hydrogen-bond donors (Lipinski definition) is 3. The highest BCUT2D eigenvalue weighted by molar-refractivity contribution is 5.95. The van der Waals surface area contributed by atoms with Gasteiger partial charge in [0.05, 0.1) is 23.9 Å². The van der Waals surface area contributed by atoms with Gasteiger partial charge < -0.3 is 39.8 Å². The Hall–Kier alpha value is -2.52. The average Bonchev–Trinajstić information content (AvgIpc) is 3.25. The van der Waals surface area contributed by atoms with Gasteiger partial charge in [-0.2, -0.15) is 0 Å². The van der Waals surface area contributed by atoms with Crippen molar-refractivity contribution in [2.45, 2.75) is 147 Å². The summed E-state index contributed by atoms with van der Waals surface area (Å²) < 4.78 is 30.1. The lowest BCUT2D eigenvalue weighted by atomic mass is 9.83. The molecule has 2 unspecified atom stereocenters. The summed E-state index contributed by atoms with van der Waals surface area (Å²) >= 11 is 0. The Kier molecular flexibility index (Phi) is 13.6. The van der Waals surface area contributed by atoms with Crippen LogP contribution >= 0.6 is 0 Å². The monoisotopic (exact) mass is 654 g/mol. The van der Waals surface area contributed by atoms with Crippen LogP contribution in [0.4, 0.5) is 4.79 Å². The first kappa shape index (κ1) is 37.9. The van der Waals surface area contributed by atoms with E-state index in [1.54, 1.807) is 11.8 Å². The summed E-state index contributed by atoms with van der Waals surface area (Å²) in [5.41, 5.74) is 12.5. The number of carbonyl (C=O) groups is 3. The number of aliphatic hydroxyl groups excluding tert-OH is 1. The molecule has 0 aromatic heterocycles. The lowest BCUT2D eigenvalue weighted by Crippen LogP contribution is -2.60. The van der Waals surface area contributed by atoms with Crippen molar-refractivity contribution in [3.05, 3.63) is 10.4 Å². The molecule has 3 saturated heterocycles. The number of rotatable bonds is 9. The number of ketones is 1. The fourth-order valence-corrected chi connectivity index (χ4v) is 7.12. The van der Waals surface area contributed by atoms with Gasteiger partial charge in [0.2, 0.25) is 0 Å². The molecule has 3 heterocycles. The number of nitrogens with one attached hydrogen (secondary N) is 1. The summed E-state index contributed by atoms with van der Waals surface area (Å²) in [6, 6.07) is -1.36. The highest BCUT2D eigenvalue weighted by Crippen LogP contribution is 2.39. The number of amides is 1. The van der Waals surface area contributed by atoms with E-state index in [0.717, 1.165) is 0 Å². The number of nitrogens with two attached hydrogens (primary N) is 1. The molecular formula is C31H54N6O9. The van der Waals surface area contributed by atoms with Crippen molar-refractivity contribution in [2.24, 2.45) is 16.8 Å². The molecule has 3 aliphatic heterocycles. The number of fused-ring (bicyclic) bond motifs is 1. The van der Waals surface area contributed by atoms with Crippen molar-refractivity contribution < 1.29 is 43.2 Å². The van der Waals surface area contributed by atoms with Crippen LogP contribution in [0.25, 0.3) is 10.4 Å². The van der Waals surface area contributed by atoms with Crippen LogP contribution in [0.3, 0.4) is 0 Å². The summed E-state index contributed by atoms with van der Waals surface area (Å²) in [5, 5.41) is 17.9. The Morgan fingerprint density at radius 1 is 1.22 bits per heavy atom. The Balaban J connectivity index is 1.92. The minimum absolute atomic E-state index is 0.00136. The minimum atomic E-state index is -1.21. The summed E-state index contributed by atoms with van der Waals surface area (Å²) in [6.07, 6.45) is -2.95. The lowest BCUT2D eigenvalue weighted by Gasteiger charge is -2.43. The van der Waals surface area contributed by atoms with Crippen LogP contribution in [-0.4, -0.2) is 115 Å². The molecule has 0 spiro atoms. The molecule has 0 radical (unpaired) electrons. The highest BCUT2D eigenvalue weighted by atomic mass is 16.7. The van der Waals surface area contributed by atoms with E-state index in [4.69, 9.17) is 34.9 Å². The van der Waals surface area contributed by atoms with E-state index >= 15 is 0 Å². The molecule has 3 rings (SSSR count). The van der Waals surface area contributed by atoms with Gasteiger partial charge in [-0.25, -0.2) is 4.79 Å². The van der Waals surface area contributed by atoms with Crippen LogP contribution in [0.2, 0.25) is 0 Å². The largest absolute Gasteiger partial charge is 0.458 e. The topological polar surface area (TPSA) is 208 Å².